The summed E-state index contributed by atoms with van der Waals surface area (Å²) in [5.74, 6) is 0.657. The number of aliphatic hydroxyl groups is 1. The van der Waals surface area contributed by atoms with Gasteiger partial charge in [0.25, 0.3) is 5.91 Å². The van der Waals surface area contributed by atoms with Crippen LogP contribution in [0.1, 0.15) is 74.1 Å². The summed E-state index contributed by atoms with van der Waals surface area (Å²) >= 11 is 0. The molecule has 6 heteroatoms. The number of ether oxygens (including phenoxy) is 1. The number of nitrogens with zero attached hydrogens (tertiary/aromatic N) is 1. The van der Waals surface area contributed by atoms with E-state index in [0.29, 0.717) is 28.4 Å². The summed E-state index contributed by atoms with van der Waals surface area (Å²) in [4.78, 5) is 24.6. The molecule has 1 heterocycles. The van der Waals surface area contributed by atoms with Gasteiger partial charge in [-0.2, -0.15) is 0 Å². The third-order valence-electron chi connectivity index (χ3n) is 5.12. The highest BCUT2D eigenvalue weighted by Gasteiger charge is 2.49. The van der Waals surface area contributed by atoms with Gasteiger partial charge in [0.2, 0.25) is 0 Å². The fourth-order valence-electron chi connectivity index (χ4n) is 3.64. The summed E-state index contributed by atoms with van der Waals surface area (Å²) in [5, 5.41) is 20.8. The maximum absolute atomic E-state index is 12.5. The monoisotopic (exact) mass is 397 g/mol. The van der Waals surface area contributed by atoms with Crippen molar-refractivity contribution >= 4 is 11.9 Å². The number of hydrogen-bond acceptors (Lipinski definition) is 5. The summed E-state index contributed by atoms with van der Waals surface area (Å²) in [6.07, 6.45) is 4.96. The molecule has 1 fully saturated rings. The van der Waals surface area contributed by atoms with Gasteiger partial charge < -0.3 is 9.84 Å². The van der Waals surface area contributed by atoms with Crippen LogP contribution in [-0.4, -0.2) is 46.0 Å². The Kier molecular flexibility index (Phi) is 8.69. The second kappa shape index (κ2) is 9.88. The molecule has 0 spiro atoms. The SMILES string of the molecule is CC(C)CC(C/C=C1\CC(CO)(COC(=O)C(C)(C)C)N(O)C1=O)CC(C)C. The van der Waals surface area contributed by atoms with Crippen LogP contribution in [-0.2, 0) is 14.3 Å². The minimum absolute atomic E-state index is 0.159. The summed E-state index contributed by atoms with van der Waals surface area (Å²) in [6.45, 7) is 13.2. The first kappa shape index (κ1) is 24.6. The second-order valence-electron chi connectivity index (χ2n) is 10.1. The Morgan fingerprint density at radius 1 is 1.21 bits per heavy atom. The Morgan fingerprint density at radius 3 is 2.18 bits per heavy atom. The van der Waals surface area contributed by atoms with Crippen LogP contribution < -0.4 is 0 Å². The number of allylic oxidation sites excluding steroid dienone is 1. The van der Waals surface area contributed by atoms with E-state index in [-0.39, 0.29) is 13.0 Å². The third-order valence-corrected chi connectivity index (χ3v) is 5.12. The topological polar surface area (TPSA) is 87.1 Å². The van der Waals surface area contributed by atoms with Crippen molar-refractivity contribution in [2.75, 3.05) is 13.2 Å². The van der Waals surface area contributed by atoms with Gasteiger partial charge >= 0.3 is 5.97 Å². The second-order valence-corrected chi connectivity index (χ2v) is 10.1. The quantitative estimate of drug-likeness (QED) is 0.349. The number of hydrogen-bond donors (Lipinski definition) is 2. The van der Waals surface area contributed by atoms with Crippen molar-refractivity contribution in [3.63, 3.8) is 0 Å². The number of carbonyl (C=O) groups is 2. The standard InChI is InChI=1S/C22H39NO5/c1-15(2)10-17(11-16(3)4)8-9-18-12-22(13-24,23(27)19(18)25)14-28-20(26)21(5,6)7/h9,15-17,24,27H,8,10-14H2,1-7H3/b18-9+. The molecule has 28 heavy (non-hydrogen) atoms. The number of hydroxylamine groups is 2. The molecular formula is C22H39NO5. The van der Waals surface area contributed by atoms with Crippen molar-refractivity contribution < 1.29 is 24.6 Å². The van der Waals surface area contributed by atoms with Crippen molar-refractivity contribution in [2.45, 2.75) is 79.7 Å². The van der Waals surface area contributed by atoms with E-state index in [1.807, 2.05) is 6.08 Å². The lowest BCUT2D eigenvalue weighted by molar-refractivity contribution is -0.199. The van der Waals surface area contributed by atoms with Crippen LogP contribution in [0.5, 0.6) is 0 Å². The molecule has 0 bridgehead atoms. The van der Waals surface area contributed by atoms with Crippen molar-refractivity contribution in [2.24, 2.45) is 23.2 Å². The Labute approximate surface area is 169 Å². The van der Waals surface area contributed by atoms with E-state index < -0.39 is 29.4 Å². The van der Waals surface area contributed by atoms with Gasteiger partial charge in [0.15, 0.2) is 0 Å². The first-order valence-corrected chi connectivity index (χ1v) is 10.3. The number of aliphatic hydroxyl groups excluding tert-OH is 1. The molecule has 2 N–H and O–H groups in total. The van der Waals surface area contributed by atoms with Gasteiger partial charge in [0.05, 0.1) is 12.0 Å². The van der Waals surface area contributed by atoms with Gasteiger partial charge in [-0.3, -0.25) is 14.8 Å². The van der Waals surface area contributed by atoms with E-state index in [0.717, 1.165) is 19.3 Å². The first-order valence-electron chi connectivity index (χ1n) is 10.3. The van der Waals surface area contributed by atoms with Gasteiger partial charge in [-0.1, -0.05) is 33.8 Å². The number of esters is 1. The van der Waals surface area contributed by atoms with E-state index in [2.05, 4.69) is 27.7 Å². The molecule has 0 aliphatic carbocycles. The van der Waals surface area contributed by atoms with Crippen LogP contribution in [0.25, 0.3) is 0 Å². The van der Waals surface area contributed by atoms with E-state index in [9.17, 15) is 19.9 Å². The maximum Gasteiger partial charge on any atom is 0.311 e. The van der Waals surface area contributed by atoms with Gasteiger partial charge in [-0.05, 0) is 57.8 Å². The van der Waals surface area contributed by atoms with E-state index in [1.54, 1.807) is 20.8 Å². The Balaban J connectivity index is 2.90. The van der Waals surface area contributed by atoms with Crippen molar-refractivity contribution in [3.05, 3.63) is 11.6 Å². The summed E-state index contributed by atoms with van der Waals surface area (Å²) in [7, 11) is 0. The molecule has 1 aliphatic rings. The Hall–Kier alpha value is -1.40. The fraction of sp³-hybridized carbons (Fsp3) is 0.818. The lowest BCUT2D eigenvalue weighted by Crippen LogP contribution is -2.51. The van der Waals surface area contributed by atoms with E-state index >= 15 is 0 Å². The van der Waals surface area contributed by atoms with Crippen LogP contribution in [0.15, 0.2) is 11.6 Å². The zero-order chi connectivity index (χ0) is 21.7. The minimum Gasteiger partial charge on any atom is -0.463 e. The average molecular weight is 398 g/mol. The van der Waals surface area contributed by atoms with Gasteiger partial charge in [-0.25, -0.2) is 5.06 Å². The highest BCUT2D eigenvalue weighted by atomic mass is 16.6. The molecule has 0 saturated carbocycles. The lowest BCUT2D eigenvalue weighted by Gasteiger charge is -2.31. The maximum atomic E-state index is 12.5. The lowest BCUT2D eigenvalue weighted by atomic mass is 9.86. The number of carbonyl (C=O) groups excluding carboxylic acids is 2. The summed E-state index contributed by atoms with van der Waals surface area (Å²) in [6, 6.07) is 0. The molecule has 1 saturated heterocycles. The molecule has 1 unspecified atom stereocenters. The van der Waals surface area contributed by atoms with E-state index in [4.69, 9.17) is 4.74 Å². The first-order chi connectivity index (χ1) is 12.8. The van der Waals surface area contributed by atoms with Crippen molar-refractivity contribution in [1.29, 1.82) is 0 Å². The molecule has 0 aromatic rings. The van der Waals surface area contributed by atoms with E-state index in [1.165, 1.54) is 0 Å². The smallest absolute Gasteiger partial charge is 0.311 e. The Bertz CT molecular complexity index is 566. The van der Waals surface area contributed by atoms with Crippen LogP contribution in [0, 0.1) is 23.2 Å². The molecule has 162 valence electrons. The normalized spacial score (nSPS) is 22.2. The summed E-state index contributed by atoms with van der Waals surface area (Å²) < 4.78 is 5.30. The highest BCUT2D eigenvalue weighted by Crippen LogP contribution is 2.35. The van der Waals surface area contributed by atoms with Crippen LogP contribution >= 0.6 is 0 Å². The number of rotatable bonds is 9. The molecule has 0 aromatic carbocycles. The fourth-order valence-corrected chi connectivity index (χ4v) is 3.64. The number of amides is 1. The van der Waals surface area contributed by atoms with Gasteiger partial charge in [0.1, 0.15) is 12.1 Å². The molecule has 6 nitrogen and oxygen atoms in total. The zero-order valence-corrected chi connectivity index (χ0v) is 18.6. The van der Waals surface area contributed by atoms with Crippen molar-refractivity contribution in [1.82, 2.24) is 5.06 Å². The molecular weight excluding hydrogens is 358 g/mol. The molecule has 0 radical (unpaired) electrons. The highest BCUT2D eigenvalue weighted by molar-refractivity contribution is 5.96. The average Bonchev–Trinajstić information content (AvgIpc) is 2.81. The molecule has 1 aliphatic heterocycles. The predicted molar refractivity (Wildman–Crippen MR) is 109 cm³/mol. The largest absolute Gasteiger partial charge is 0.463 e. The van der Waals surface area contributed by atoms with Gasteiger partial charge in [-0.15, -0.1) is 0 Å². The van der Waals surface area contributed by atoms with Crippen LogP contribution in [0.2, 0.25) is 0 Å². The van der Waals surface area contributed by atoms with Crippen LogP contribution in [0.4, 0.5) is 0 Å². The minimum atomic E-state index is -1.31. The molecule has 1 amide bonds. The summed E-state index contributed by atoms with van der Waals surface area (Å²) in [5.41, 5.74) is -1.53. The third kappa shape index (κ3) is 6.59. The zero-order valence-electron chi connectivity index (χ0n) is 18.6. The molecule has 1 atom stereocenters. The molecule has 0 aromatic heterocycles. The van der Waals surface area contributed by atoms with Crippen molar-refractivity contribution in [3.8, 4) is 0 Å². The van der Waals surface area contributed by atoms with Crippen LogP contribution in [0.3, 0.4) is 0 Å². The van der Waals surface area contributed by atoms with Gasteiger partial charge in [0, 0.05) is 12.0 Å². The Morgan fingerprint density at radius 2 is 1.75 bits per heavy atom. The molecule has 1 rings (SSSR count). The predicted octanol–water partition coefficient (Wildman–Crippen LogP) is 3.95.